The van der Waals surface area contributed by atoms with Crippen LogP contribution in [0, 0.1) is 5.82 Å². The smallest absolute Gasteiger partial charge is 0.408 e. The third kappa shape index (κ3) is 2.99. The first-order valence-corrected chi connectivity index (χ1v) is 6.38. The maximum Gasteiger partial charge on any atom is 0.408 e. The molecule has 0 saturated carbocycles. The number of piperazine rings is 1. The molecule has 0 amide bonds. The number of benzene rings is 1. The Hall–Kier alpha value is -1.05. The van der Waals surface area contributed by atoms with E-state index in [1.165, 1.54) is 4.90 Å². The van der Waals surface area contributed by atoms with Gasteiger partial charge in [0.1, 0.15) is 22.6 Å². The van der Waals surface area contributed by atoms with Crippen LogP contribution in [0.25, 0.3) is 0 Å². The van der Waals surface area contributed by atoms with E-state index in [2.05, 4.69) is 5.32 Å². The second-order valence-corrected chi connectivity index (χ2v) is 4.91. The molecular weight excluding hydrogens is 300 g/mol. The van der Waals surface area contributed by atoms with Gasteiger partial charge in [0.25, 0.3) is 0 Å². The highest BCUT2D eigenvalue weighted by molar-refractivity contribution is 6.32. The van der Waals surface area contributed by atoms with E-state index in [4.69, 9.17) is 11.6 Å². The molecule has 0 aromatic heterocycles. The normalized spacial score (nSPS) is 19.1. The highest BCUT2D eigenvalue weighted by atomic mass is 35.5. The zero-order valence-corrected chi connectivity index (χ0v) is 11.1. The predicted molar refractivity (Wildman–Crippen MR) is 66.3 cm³/mol. The summed E-state index contributed by atoms with van der Waals surface area (Å²) >= 11 is 5.49. The largest absolute Gasteiger partial charge is 0.506 e. The van der Waals surface area contributed by atoms with Crippen LogP contribution in [-0.4, -0.2) is 42.4 Å². The first kappa shape index (κ1) is 15.3. The van der Waals surface area contributed by atoms with Crippen LogP contribution in [0.4, 0.5) is 17.6 Å². The minimum atomic E-state index is -4.59. The van der Waals surface area contributed by atoms with Crippen molar-refractivity contribution in [3.05, 3.63) is 28.5 Å². The van der Waals surface area contributed by atoms with Crippen molar-refractivity contribution in [3.8, 4) is 5.75 Å². The number of phenols is 1. The van der Waals surface area contributed by atoms with E-state index in [0.29, 0.717) is 13.1 Å². The van der Waals surface area contributed by atoms with Gasteiger partial charge in [0, 0.05) is 31.7 Å². The average molecular weight is 313 g/mol. The summed E-state index contributed by atoms with van der Waals surface area (Å²) in [4.78, 5) is 1.19. The molecule has 1 aromatic carbocycles. The Balaban J connectivity index is 2.44. The van der Waals surface area contributed by atoms with Gasteiger partial charge in [0.05, 0.1) is 0 Å². The second kappa shape index (κ2) is 5.75. The molecule has 20 heavy (non-hydrogen) atoms. The quantitative estimate of drug-likeness (QED) is 0.824. The van der Waals surface area contributed by atoms with Crippen molar-refractivity contribution in [1.29, 1.82) is 0 Å². The SMILES string of the molecule is Oc1c([C@@H](N2CCNCC2)C(F)(F)F)ccc(F)c1Cl. The maximum absolute atomic E-state index is 13.3. The number of hydrogen-bond acceptors (Lipinski definition) is 3. The maximum atomic E-state index is 13.3. The standard InChI is InChI=1S/C12H13ClF4N2O/c13-9-8(14)2-1-7(10(9)20)11(12(15,16)17)19-5-3-18-4-6-19/h1-2,11,18,20H,3-6H2/t11-/m1/s1. The average Bonchev–Trinajstić information content (AvgIpc) is 2.39. The van der Waals surface area contributed by atoms with Crippen LogP contribution in [0.3, 0.4) is 0 Å². The minimum absolute atomic E-state index is 0.179. The predicted octanol–water partition coefficient (Wildman–Crippen LogP) is 2.69. The van der Waals surface area contributed by atoms with Crippen molar-refractivity contribution in [2.75, 3.05) is 26.2 Å². The van der Waals surface area contributed by atoms with E-state index >= 15 is 0 Å². The van der Waals surface area contributed by atoms with Gasteiger partial charge in [-0.1, -0.05) is 17.7 Å². The van der Waals surface area contributed by atoms with E-state index in [1.807, 2.05) is 0 Å². The van der Waals surface area contributed by atoms with Crippen LogP contribution >= 0.6 is 11.6 Å². The van der Waals surface area contributed by atoms with Crippen LogP contribution in [0.2, 0.25) is 5.02 Å². The minimum Gasteiger partial charge on any atom is -0.506 e. The molecule has 1 aromatic rings. The Morgan fingerprint density at radius 1 is 1.25 bits per heavy atom. The third-order valence-electron chi connectivity index (χ3n) is 3.22. The fourth-order valence-corrected chi connectivity index (χ4v) is 2.47. The summed E-state index contributed by atoms with van der Waals surface area (Å²) in [5.74, 6) is -1.80. The molecule has 1 aliphatic rings. The molecule has 3 nitrogen and oxygen atoms in total. The number of phenolic OH excluding ortho intramolecular Hbond substituents is 1. The van der Waals surface area contributed by atoms with Gasteiger partial charge in [0.2, 0.25) is 0 Å². The molecule has 2 rings (SSSR count). The number of nitrogens with zero attached hydrogens (tertiary/aromatic N) is 1. The lowest BCUT2D eigenvalue weighted by molar-refractivity contribution is -0.188. The zero-order valence-electron chi connectivity index (χ0n) is 10.3. The highest BCUT2D eigenvalue weighted by Gasteiger charge is 2.46. The lowest BCUT2D eigenvalue weighted by Crippen LogP contribution is -2.49. The van der Waals surface area contributed by atoms with Crippen molar-refractivity contribution in [2.24, 2.45) is 0 Å². The van der Waals surface area contributed by atoms with Crippen LogP contribution in [0.1, 0.15) is 11.6 Å². The molecule has 0 unspecified atom stereocenters. The lowest BCUT2D eigenvalue weighted by atomic mass is 10.0. The van der Waals surface area contributed by atoms with Crippen molar-refractivity contribution in [2.45, 2.75) is 12.2 Å². The number of alkyl halides is 3. The number of rotatable bonds is 2. The Morgan fingerprint density at radius 3 is 2.40 bits per heavy atom. The fourth-order valence-electron chi connectivity index (χ4n) is 2.30. The molecule has 0 aliphatic carbocycles. The van der Waals surface area contributed by atoms with E-state index < -0.39 is 34.4 Å². The van der Waals surface area contributed by atoms with Crippen molar-refractivity contribution in [1.82, 2.24) is 10.2 Å². The summed E-state index contributed by atoms with van der Waals surface area (Å²) in [6.07, 6.45) is -4.59. The molecule has 1 saturated heterocycles. The van der Waals surface area contributed by atoms with Gasteiger partial charge in [-0.3, -0.25) is 4.90 Å². The lowest BCUT2D eigenvalue weighted by Gasteiger charge is -2.36. The van der Waals surface area contributed by atoms with Gasteiger partial charge in [-0.15, -0.1) is 0 Å². The van der Waals surface area contributed by atoms with Crippen LogP contribution in [0.15, 0.2) is 12.1 Å². The Kier molecular flexibility index (Phi) is 4.41. The van der Waals surface area contributed by atoms with Crippen molar-refractivity contribution < 1.29 is 22.7 Å². The van der Waals surface area contributed by atoms with Gasteiger partial charge >= 0.3 is 6.18 Å². The first-order chi connectivity index (χ1) is 9.32. The number of aromatic hydroxyl groups is 1. The summed E-state index contributed by atoms with van der Waals surface area (Å²) in [6.45, 7) is 1.20. The molecule has 1 fully saturated rings. The molecule has 0 bridgehead atoms. The van der Waals surface area contributed by atoms with Crippen LogP contribution in [-0.2, 0) is 0 Å². The molecular formula is C12H13ClF4N2O. The molecule has 0 spiro atoms. The van der Waals surface area contributed by atoms with Gasteiger partial charge in [-0.2, -0.15) is 13.2 Å². The molecule has 2 N–H and O–H groups in total. The van der Waals surface area contributed by atoms with Crippen LogP contribution < -0.4 is 5.32 Å². The summed E-state index contributed by atoms with van der Waals surface area (Å²) in [5.41, 5.74) is -0.425. The summed E-state index contributed by atoms with van der Waals surface area (Å²) < 4.78 is 53.0. The molecule has 1 atom stereocenters. The Bertz CT molecular complexity index is 489. The summed E-state index contributed by atoms with van der Waals surface area (Å²) in [6, 6.07) is -0.239. The van der Waals surface area contributed by atoms with Crippen molar-refractivity contribution in [3.63, 3.8) is 0 Å². The van der Waals surface area contributed by atoms with Gasteiger partial charge in [0.15, 0.2) is 0 Å². The number of halogens is 5. The van der Waals surface area contributed by atoms with E-state index in [9.17, 15) is 22.7 Å². The molecule has 1 heterocycles. The van der Waals surface area contributed by atoms with Gasteiger partial charge in [-0.05, 0) is 6.07 Å². The first-order valence-electron chi connectivity index (χ1n) is 6.00. The third-order valence-corrected chi connectivity index (χ3v) is 3.58. The molecule has 0 radical (unpaired) electrons. The Labute approximate surface area is 118 Å². The second-order valence-electron chi connectivity index (χ2n) is 4.53. The number of nitrogens with one attached hydrogen (secondary N) is 1. The highest BCUT2D eigenvalue weighted by Crippen LogP contribution is 2.44. The van der Waals surface area contributed by atoms with Crippen molar-refractivity contribution >= 4 is 11.6 Å². The molecule has 1 aliphatic heterocycles. The topological polar surface area (TPSA) is 35.5 Å². The van der Waals surface area contributed by atoms with Gasteiger partial charge in [-0.25, -0.2) is 4.39 Å². The fraction of sp³-hybridized carbons (Fsp3) is 0.500. The zero-order chi connectivity index (χ0) is 14.9. The van der Waals surface area contributed by atoms with E-state index in [0.717, 1.165) is 12.1 Å². The Morgan fingerprint density at radius 2 is 1.85 bits per heavy atom. The van der Waals surface area contributed by atoms with E-state index in [1.54, 1.807) is 0 Å². The van der Waals surface area contributed by atoms with E-state index in [-0.39, 0.29) is 13.1 Å². The monoisotopic (exact) mass is 312 g/mol. The van der Waals surface area contributed by atoms with Gasteiger partial charge < -0.3 is 10.4 Å². The summed E-state index contributed by atoms with van der Waals surface area (Å²) in [5, 5.41) is 12.0. The molecule has 112 valence electrons. The number of hydrogen-bond donors (Lipinski definition) is 2. The summed E-state index contributed by atoms with van der Waals surface area (Å²) in [7, 11) is 0. The molecule has 8 heteroatoms. The van der Waals surface area contributed by atoms with Crippen LogP contribution in [0.5, 0.6) is 5.75 Å².